The zero-order chi connectivity index (χ0) is 8.97. The van der Waals surface area contributed by atoms with Crippen LogP contribution < -0.4 is 0 Å². The van der Waals surface area contributed by atoms with E-state index in [1.165, 1.54) is 19.3 Å². The lowest BCUT2D eigenvalue weighted by atomic mass is 9.81. The van der Waals surface area contributed by atoms with E-state index in [4.69, 9.17) is 0 Å². The van der Waals surface area contributed by atoms with Crippen LogP contribution in [0.2, 0.25) is 0 Å². The van der Waals surface area contributed by atoms with Crippen LogP contribution in [0.3, 0.4) is 0 Å². The average Bonchev–Trinajstić information content (AvgIpc) is 2.17. The van der Waals surface area contributed by atoms with E-state index in [1.54, 1.807) is 6.92 Å². The Bertz CT molecular complexity index is 139. The fourth-order valence-corrected chi connectivity index (χ4v) is 1.99. The molecule has 0 spiro atoms. The van der Waals surface area contributed by atoms with E-state index in [0.29, 0.717) is 5.92 Å². The Morgan fingerprint density at radius 1 is 1.33 bits per heavy atom. The van der Waals surface area contributed by atoms with Crippen molar-refractivity contribution in [3.63, 3.8) is 0 Å². The Kier molecular flexibility index (Phi) is 3.73. The van der Waals surface area contributed by atoms with Crippen molar-refractivity contribution < 1.29 is 9.90 Å². The highest BCUT2D eigenvalue weighted by Crippen LogP contribution is 2.28. The summed E-state index contributed by atoms with van der Waals surface area (Å²) >= 11 is 0. The lowest BCUT2D eigenvalue weighted by Gasteiger charge is -2.28. The summed E-state index contributed by atoms with van der Waals surface area (Å²) in [5.41, 5.74) is 0. The molecule has 1 rings (SSSR count). The van der Waals surface area contributed by atoms with Crippen LogP contribution in [-0.4, -0.2) is 17.5 Å². The van der Waals surface area contributed by atoms with Gasteiger partial charge >= 0.3 is 0 Å². The molecule has 70 valence electrons. The van der Waals surface area contributed by atoms with E-state index in [9.17, 15) is 9.90 Å². The molecule has 1 aliphatic carbocycles. The van der Waals surface area contributed by atoms with E-state index in [0.717, 1.165) is 19.1 Å². The molecule has 0 aliphatic heterocycles. The summed E-state index contributed by atoms with van der Waals surface area (Å²) < 4.78 is 0. The van der Waals surface area contributed by atoms with Gasteiger partial charge in [-0.2, -0.15) is 0 Å². The molecule has 1 aliphatic rings. The molecule has 0 aromatic rings. The maximum Gasteiger partial charge on any atom is 0.125 e. The molecule has 0 amide bonds. The molecule has 0 saturated heterocycles. The summed E-state index contributed by atoms with van der Waals surface area (Å²) in [4.78, 5) is 10.4. The van der Waals surface area contributed by atoms with Crippen molar-refractivity contribution in [2.75, 3.05) is 0 Å². The highest BCUT2D eigenvalue weighted by molar-refractivity contribution is 5.53. The van der Waals surface area contributed by atoms with Crippen molar-refractivity contribution in [1.82, 2.24) is 0 Å². The Balaban J connectivity index is 2.38. The van der Waals surface area contributed by atoms with Gasteiger partial charge in [0.15, 0.2) is 0 Å². The fraction of sp³-hybridized carbons (Fsp3) is 0.900. The van der Waals surface area contributed by atoms with E-state index >= 15 is 0 Å². The topological polar surface area (TPSA) is 37.3 Å². The molecule has 2 nitrogen and oxygen atoms in total. The maximum absolute atomic E-state index is 10.4. The second-order valence-electron chi connectivity index (χ2n) is 3.88. The number of rotatable bonds is 3. The smallest absolute Gasteiger partial charge is 0.125 e. The second kappa shape index (κ2) is 4.61. The van der Waals surface area contributed by atoms with Gasteiger partial charge in [-0.05, 0) is 18.8 Å². The van der Waals surface area contributed by atoms with E-state index in [1.807, 2.05) is 0 Å². The molecular formula is C10H18O2. The Hall–Kier alpha value is -0.370. The van der Waals surface area contributed by atoms with Crippen molar-refractivity contribution in [3.05, 3.63) is 0 Å². The van der Waals surface area contributed by atoms with Crippen molar-refractivity contribution in [3.8, 4) is 0 Å². The normalized spacial score (nSPS) is 24.8. The van der Waals surface area contributed by atoms with Crippen LogP contribution >= 0.6 is 0 Å². The first-order valence-electron chi connectivity index (χ1n) is 4.89. The van der Waals surface area contributed by atoms with Gasteiger partial charge in [-0.1, -0.05) is 26.2 Å². The maximum atomic E-state index is 10.4. The molecule has 2 atom stereocenters. The minimum atomic E-state index is -0.400. The predicted molar refractivity (Wildman–Crippen MR) is 47.8 cm³/mol. The molecule has 0 heterocycles. The summed E-state index contributed by atoms with van der Waals surface area (Å²) in [5.74, 6) is 0.187. The van der Waals surface area contributed by atoms with Gasteiger partial charge in [0.2, 0.25) is 0 Å². The Morgan fingerprint density at radius 2 is 1.92 bits per heavy atom. The Labute approximate surface area is 74.0 Å². The van der Waals surface area contributed by atoms with Crippen LogP contribution in [0.1, 0.15) is 39.0 Å². The molecule has 0 aromatic heterocycles. The van der Waals surface area contributed by atoms with Gasteiger partial charge in [-0.25, -0.2) is 0 Å². The molecule has 0 unspecified atom stereocenters. The molecule has 1 saturated carbocycles. The highest BCUT2D eigenvalue weighted by atomic mass is 16.3. The summed E-state index contributed by atoms with van der Waals surface area (Å²) in [6, 6.07) is 0. The van der Waals surface area contributed by atoms with E-state index < -0.39 is 6.10 Å². The molecule has 0 radical (unpaired) electrons. The number of carbonyl (C=O) groups is 1. The van der Waals surface area contributed by atoms with Crippen LogP contribution in [0.15, 0.2) is 0 Å². The van der Waals surface area contributed by atoms with Gasteiger partial charge < -0.3 is 9.90 Å². The first-order valence-corrected chi connectivity index (χ1v) is 4.89. The average molecular weight is 170 g/mol. The van der Waals surface area contributed by atoms with E-state index in [2.05, 4.69) is 0 Å². The van der Waals surface area contributed by atoms with Crippen molar-refractivity contribution in [2.24, 2.45) is 11.8 Å². The SMILES string of the molecule is C[C@@H](C=O)[C@H](O)C1CCCCC1. The summed E-state index contributed by atoms with van der Waals surface area (Å²) in [6.45, 7) is 1.80. The number of aldehydes is 1. The van der Waals surface area contributed by atoms with Gasteiger partial charge in [0.05, 0.1) is 6.10 Å². The monoisotopic (exact) mass is 170 g/mol. The standard InChI is InChI=1S/C10H18O2/c1-8(7-11)10(12)9-5-3-2-4-6-9/h7-10,12H,2-6H2,1H3/t8-,10-/m0/s1. The van der Waals surface area contributed by atoms with Gasteiger partial charge in [0.1, 0.15) is 6.29 Å². The summed E-state index contributed by atoms with van der Waals surface area (Å²) in [7, 11) is 0. The minimum Gasteiger partial charge on any atom is -0.392 e. The molecule has 2 heteroatoms. The van der Waals surface area contributed by atoms with Crippen molar-refractivity contribution in [1.29, 1.82) is 0 Å². The Morgan fingerprint density at radius 3 is 2.42 bits per heavy atom. The third-order valence-corrected chi connectivity index (χ3v) is 2.89. The number of aliphatic hydroxyl groups is 1. The first-order chi connectivity index (χ1) is 5.75. The number of aliphatic hydroxyl groups excluding tert-OH is 1. The minimum absolute atomic E-state index is 0.187. The van der Waals surface area contributed by atoms with Crippen molar-refractivity contribution in [2.45, 2.75) is 45.1 Å². The fourth-order valence-electron chi connectivity index (χ4n) is 1.99. The van der Waals surface area contributed by atoms with E-state index in [-0.39, 0.29) is 5.92 Å². The van der Waals surface area contributed by atoms with Gasteiger partial charge in [-0.15, -0.1) is 0 Å². The largest absolute Gasteiger partial charge is 0.392 e. The zero-order valence-electron chi connectivity index (χ0n) is 7.70. The lowest BCUT2D eigenvalue weighted by Crippen LogP contribution is -2.29. The van der Waals surface area contributed by atoms with Crippen LogP contribution in [0.25, 0.3) is 0 Å². The van der Waals surface area contributed by atoms with Crippen LogP contribution in [0, 0.1) is 11.8 Å². The summed E-state index contributed by atoms with van der Waals surface area (Å²) in [6.07, 6.45) is 6.37. The van der Waals surface area contributed by atoms with Gasteiger partial charge in [0, 0.05) is 5.92 Å². The number of hydrogen-bond donors (Lipinski definition) is 1. The van der Waals surface area contributed by atoms with Crippen LogP contribution in [0.5, 0.6) is 0 Å². The van der Waals surface area contributed by atoms with Crippen LogP contribution in [-0.2, 0) is 4.79 Å². The number of hydrogen-bond acceptors (Lipinski definition) is 2. The molecule has 0 bridgehead atoms. The molecular weight excluding hydrogens is 152 g/mol. The lowest BCUT2D eigenvalue weighted by molar-refractivity contribution is -0.115. The number of carbonyl (C=O) groups excluding carboxylic acids is 1. The molecule has 1 N–H and O–H groups in total. The predicted octanol–water partition coefficient (Wildman–Crippen LogP) is 1.76. The molecule has 0 aromatic carbocycles. The van der Waals surface area contributed by atoms with Gasteiger partial charge in [-0.3, -0.25) is 0 Å². The molecule has 1 fully saturated rings. The van der Waals surface area contributed by atoms with Crippen molar-refractivity contribution >= 4 is 6.29 Å². The summed E-state index contributed by atoms with van der Waals surface area (Å²) in [5, 5.41) is 9.71. The quantitative estimate of drug-likeness (QED) is 0.655. The third kappa shape index (κ3) is 2.31. The van der Waals surface area contributed by atoms with Crippen LogP contribution in [0.4, 0.5) is 0 Å². The second-order valence-corrected chi connectivity index (χ2v) is 3.88. The first kappa shape index (κ1) is 9.72. The zero-order valence-corrected chi connectivity index (χ0v) is 7.70. The molecule has 12 heavy (non-hydrogen) atoms. The third-order valence-electron chi connectivity index (χ3n) is 2.89. The van der Waals surface area contributed by atoms with Gasteiger partial charge in [0.25, 0.3) is 0 Å². The highest BCUT2D eigenvalue weighted by Gasteiger charge is 2.25.